The molecule has 0 bridgehead atoms. The first-order chi connectivity index (χ1) is 10.0. The average Bonchev–Trinajstić information content (AvgIpc) is 2.40. The molecule has 6 heteroatoms. The van der Waals surface area contributed by atoms with Crippen molar-refractivity contribution in [2.75, 3.05) is 6.61 Å². The number of ether oxygens (including phenoxy) is 1. The van der Waals surface area contributed by atoms with Gasteiger partial charge in [-0.05, 0) is 37.5 Å². The molecule has 0 aromatic heterocycles. The maximum absolute atomic E-state index is 12.3. The molecule has 114 valence electrons. The van der Waals surface area contributed by atoms with Crippen LogP contribution in [0.4, 0.5) is 0 Å². The third-order valence-corrected chi connectivity index (χ3v) is 3.71. The van der Waals surface area contributed by atoms with Crippen LogP contribution >= 0.6 is 11.6 Å². The number of carbonyl (C=O) groups is 2. The van der Waals surface area contributed by atoms with Gasteiger partial charge in [-0.2, -0.15) is 0 Å². The van der Waals surface area contributed by atoms with Crippen LogP contribution in [0.25, 0.3) is 0 Å². The Kier molecular flexibility index (Phi) is 5.07. The number of nitrogens with one attached hydrogen (secondary N) is 1. The highest BCUT2D eigenvalue weighted by Crippen LogP contribution is 2.29. The van der Waals surface area contributed by atoms with Gasteiger partial charge in [-0.15, -0.1) is 0 Å². The number of hydrogen-bond donors (Lipinski definition) is 2. The first kappa shape index (κ1) is 15.6. The Balaban J connectivity index is 2.01. The molecule has 0 spiro atoms. The second-order valence-electron chi connectivity index (χ2n) is 5.17. The lowest BCUT2D eigenvalue weighted by Crippen LogP contribution is -2.46. The molecule has 0 saturated heterocycles. The maximum atomic E-state index is 12.3. The third-order valence-electron chi connectivity index (χ3n) is 3.47. The molecular weight excluding hydrogens is 294 g/mol. The fourth-order valence-corrected chi connectivity index (χ4v) is 2.39. The molecule has 1 aliphatic carbocycles. The molecule has 1 amide bonds. The molecule has 2 N–H and O–H groups in total. The molecular formula is C15H18ClNO4. The van der Waals surface area contributed by atoms with E-state index in [2.05, 4.69) is 5.32 Å². The smallest absolute Gasteiger partial charge is 0.306 e. The van der Waals surface area contributed by atoms with Gasteiger partial charge in [0.05, 0.1) is 18.1 Å². The molecule has 0 heterocycles. The van der Waals surface area contributed by atoms with Crippen molar-refractivity contribution in [2.45, 2.75) is 32.2 Å². The van der Waals surface area contributed by atoms with E-state index >= 15 is 0 Å². The SMILES string of the molecule is CCCOc1ccc(Cl)cc1C(=O)NC1CC(C(=O)O)C1. The van der Waals surface area contributed by atoms with Crippen molar-refractivity contribution in [1.29, 1.82) is 0 Å². The van der Waals surface area contributed by atoms with Crippen molar-refractivity contribution in [3.05, 3.63) is 28.8 Å². The van der Waals surface area contributed by atoms with Crippen LogP contribution < -0.4 is 10.1 Å². The molecule has 0 atom stereocenters. The van der Waals surface area contributed by atoms with E-state index in [1.165, 1.54) is 0 Å². The molecule has 0 radical (unpaired) electrons. The topological polar surface area (TPSA) is 75.6 Å². The van der Waals surface area contributed by atoms with Gasteiger partial charge in [0.15, 0.2) is 0 Å². The normalized spacial score (nSPS) is 20.5. The minimum Gasteiger partial charge on any atom is -0.493 e. The van der Waals surface area contributed by atoms with E-state index in [0.29, 0.717) is 35.8 Å². The first-order valence-electron chi connectivity index (χ1n) is 6.97. The summed E-state index contributed by atoms with van der Waals surface area (Å²) < 4.78 is 5.54. The van der Waals surface area contributed by atoms with E-state index in [-0.39, 0.29) is 17.9 Å². The summed E-state index contributed by atoms with van der Waals surface area (Å²) in [4.78, 5) is 23.0. The summed E-state index contributed by atoms with van der Waals surface area (Å²) >= 11 is 5.93. The van der Waals surface area contributed by atoms with Crippen molar-refractivity contribution in [3.63, 3.8) is 0 Å². The quantitative estimate of drug-likeness (QED) is 0.847. The van der Waals surface area contributed by atoms with Crippen LogP contribution in [0.1, 0.15) is 36.5 Å². The number of hydrogen-bond acceptors (Lipinski definition) is 3. The number of carboxylic acid groups (broad SMARTS) is 1. The van der Waals surface area contributed by atoms with Crippen LogP contribution in [0, 0.1) is 5.92 Å². The lowest BCUT2D eigenvalue weighted by Gasteiger charge is -2.33. The summed E-state index contributed by atoms with van der Waals surface area (Å²) in [6.45, 7) is 2.50. The fourth-order valence-electron chi connectivity index (χ4n) is 2.22. The Morgan fingerprint density at radius 2 is 2.14 bits per heavy atom. The molecule has 5 nitrogen and oxygen atoms in total. The van der Waals surface area contributed by atoms with Gasteiger partial charge in [0.25, 0.3) is 5.91 Å². The number of amides is 1. The largest absolute Gasteiger partial charge is 0.493 e. The van der Waals surface area contributed by atoms with E-state index in [4.69, 9.17) is 21.4 Å². The van der Waals surface area contributed by atoms with Crippen molar-refractivity contribution < 1.29 is 19.4 Å². The second-order valence-corrected chi connectivity index (χ2v) is 5.60. The minimum absolute atomic E-state index is 0.100. The molecule has 1 aromatic rings. The van der Waals surface area contributed by atoms with Crippen molar-refractivity contribution in [3.8, 4) is 5.75 Å². The van der Waals surface area contributed by atoms with E-state index in [1.807, 2.05) is 6.92 Å². The highest BCUT2D eigenvalue weighted by Gasteiger charge is 2.35. The third kappa shape index (κ3) is 3.88. The van der Waals surface area contributed by atoms with Gasteiger partial charge in [-0.3, -0.25) is 9.59 Å². The molecule has 0 aliphatic heterocycles. The predicted molar refractivity (Wildman–Crippen MR) is 78.9 cm³/mol. The van der Waals surface area contributed by atoms with E-state index in [0.717, 1.165) is 6.42 Å². The summed E-state index contributed by atoms with van der Waals surface area (Å²) in [5, 5.41) is 12.1. The lowest BCUT2D eigenvalue weighted by molar-refractivity contribution is -0.145. The summed E-state index contributed by atoms with van der Waals surface area (Å²) in [6.07, 6.45) is 1.77. The monoisotopic (exact) mass is 311 g/mol. The van der Waals surface area contributed by atoms with Crippen LogP contribution in [0.2, 0.25) is 5.02 Å². The van der Waals surface area contributed by atoms with E-state index < -0.39 is 5.97 Å². The average molecular weight is 312 g/mol. The number of carboxylic acids is 1. The first-order valence-corrected chi connectivity index (χ1v) is 7.35. The van der Waals surface area contributed by atoms with Crippen molar-refractivity contribution >= 4 is 23.5 Å². The van der Waals surface area contributed by atoms with Gasteiger partial charge in [-0.1, -0.05) is 18.5 Å². The van der Waals surface area contributed by atoms with Gasteiger partial charge in [0, 0.05) is 11.1 Å². The summed E-state index contributed by atoms with van der Waals surface area (Å²) in [5.74, 6) is -0.953. The lowest BCUT2D eigenvalue weighted by atomic mass is 9.80. The fraction of sp³-hybridized carbons (Fsp3) is 0.467. The molecule has 1 fully saturated rings. The number of rotatable bonds is 6. The zero-order chi connectivity index (χ0) is 15.4. The van der Waals surface area contributed by atoms with Crippen LogP contribution in [0.15, 0.2) is 18.2 Å². The summed E-state index contributed by atoms with van der Waals surface area (Å²) in [5.41, 5.74) is 0.384. The standard InChI is InChI=1S/C15H18ClNO4/c1-2-5-21-13-4-3-10(16)8-12(13)14(18)17-11-6-9(7-11)15(19)20/h3-4,8-9,11H,2,5-7H2,1H3,(H,17,18)(H,19,20). The Hall–Kier alpha value is -1.75. The Morgan fingerprint density at radius 3 is 2.76 bits per heavy atom. The summed E-state index contributed by atoms with van der Waals surface area (Å²) in [6, 6.07) is 4.81. The highest BCUT2D eigenvalue weighted by molar-refractivity contribution is 6.31. The van der Waals surface area contributed by atoms with Gasteiger partial charge < -0.3 is 15.2 Å². The van der Waals surface area contributed by atoms with Gasteiger partial charge in [0.2, 0.25) is 0 Å². The van der Waals surface area contributed by atoms with Crippen molar-refractivity contribution in [2.24, 2.45) is 5.92 Å². The molecule has 2 rings (SSSR count). The molecule has 0 unspecified atom stereocenters. The number of benzene rings is 1. The summed E-state index contributed by atoms with van der Waals surface area (Å²) in [7, 11) is 0. The number of carbonyl (C=O) groups excluding carboxylic acids is 1. The van der Waals surface area contributed by atoms with E-state index in [1.54, 1.807) is 18.2 Å². The minimum atomic E-state index is -0.810. The van der Waals surface area contributed by atoms with Crippen molar-refractivity contribution in [1.82, 2.24) is 5.32 Å². The van der Waals surface area contributed by atoms with Gasteiger partial charge in [-0.25, -0.2) is 0 Å². The second kappa shape index (κ2) is 6.80. The molecule has 1 aliphatic rings. The zero-order valence-electron chi connectivity index (χ0n) is 11.8. The molecule has 1 aromatic carbocycles. The zero-order valence-corrected chi connectivity index (χ0v) is 12.5. The number of halogens is 1. The Bertz CT molecular complexity index is 540. The van der Waals surface area contributed by atoms with Crippen LogP contribution in [-0.4, -0.2) is 29.6 Å². The maximum Gasteiger partial charge on any atom is 0.306 e. The highest BCUT2D eigenvalue weighted by atomic mass is 35.5. The Labute approximate surface area is 128 Å². The predicted octanol–water partition coefficient (Wildman–Crippen LogP) is 2.72. The number of aliphatic carboxylic acids is 1. The van der Waals surface area contributed by atoms with E-state index in [9.17, 15) is 9.59 Å². The van der Waals surface area contributed by atoms with Gasteiger partial charge >= 0.3 is 5.97 Å². The van der Waals surface area contributed by atoms with Gasteiger partial charge in [0.1, 0.15) is 5.75 Å². The molecule has 21 heavy (non-hydrogen) atoms. The van der Waals surface area contributed by atoms with Crippen LogP contribution in [0.5, 0.6) is 5.75 Å². The van der Waals surface area contributed by atoms with Crippen LogP contribution in [0.3, 0.4) is 0 Å². The Morgan fingerprint density at radius 1 is 1.43 bits per heavy atom. The molecule has 1 saturated carbocycles. The van der Waals surface area contributed by atoms with Crippen LogP contribution in [-0.2, 0) is 4.79 Å².